The first-order chi connectivity index (χ1) is 10.1. The lowest BCUT2D eigenvalue weighted by Gasteiger charge is -2.17. The number of halogens is 1. The second-order valence-corrected chi connectivity index (χ2v) is 9.57. The summed E-state index contributed by atoms with van der Waals surface area (Å²) < 4.78 is 15.9. The first-order valence-corrected chi connectivity index (χ1v) is 8.91. The quantitative estimate of drug-likeness (QED) is 0.295. The van der Waals surface area contributed by atoms with E-state index in [2.05, 4.69) is 48.7 Å². The van der Waals surface area contributed by atoms with Gasteiger partial charge >= 0.3 is 0 Å². The molecule has 132 valence electrons. The lowest BCUT2D eigenvalue weighted by molar-refractivity contribution is -0.122. The van der Waals surface area contributed by atoms with E-state index in [1.165, 1.54) is 0 Å². The molecule has 22 heavy (non-hydrogen) atoms. The zero-order valence-corrected chi connectivity index (χ0v) is 16.8. The highest BCUT2D eigenvalue weighted by Gasteiger charge is 2.22. The molecule has 0 saturated carbocycles. The van der Waals surface area contributed by atoms with Gasteiger partial charge in [-0.15, -0.1) is 0 Å². The molecular formula is C16H32INO4. The Morgan fingerprint density at radius 2 is 1.32 bits per heavy atom. The van der Waals surface area contributed by atoms with Crippen molar-refractivity contribution in [2.45, 2.75) is 44.5 Å². The highest BCUT2D eigenvalue weighted by molar-refractivity contribution is 14.1. The molecule has 0 heterocycles. The predicted octanol–water partition coefficient (Wildman–Crippen LogP) is 2.80. The molecule has 0 aliphatic carbocycles. The normalized spacial score (nSPS) is 12.5. The number of carbonyl (C=O) groups excluding carboxylic acids is 1. The Balaban J connectivity index is 3.23. The van der Waals surface area contributed by atoms with Crippen molar-refractivity contribution in [3.05, 3.63) is 0 Å². The van der Waals surface area contributed by atoms with Crippen LogP contribution < -0.4 is 5.32 Å². The van der Waals surface area contributed by atoms with Crippen LogP contribution in [0.25, 0.3) is 0 Å². The third-order valence-corrected chi connectivity index (χ3v) is 3.30. The third kappa shape index (κ3) is 15.0. The summed E-state index contributed by atoms with van der Waals surface area (Å²) in [7, 11) is 0. The van der Waals surface area contributed by atoms with E-state index in [0.29, 0.717) is 45.0 Å². The molecule has 0 fully saturated rings. The fourth-order valence-electron chi connectivity index (χ4n) is 1.37. The minimum absolute atomic E-state index is 0.0281. The molecule has 0 spiro atoms. The second kappa shape index (κ2) is 11.6. The van der Waals surface area contributed by atoms with Gasteiger partial charge in [-0.25, -0.2) is 0 Å². The summed E-state index contributed by atoms with van der Waals surface area (Å²) in [6.07, 6.45) is 1.05. The number of hydrogen-bond donors (Lipinski definition) is 1. The van der Waals surface area contributed by atoms with Crippen LogP contribution in [0.15, 0.2) is 0 Å². The lowest BCUT2D eigenvalue weighted by atomic mass is 9.93. The summed E-state index contributed by atoms with van der Waals surface area (Å²) in [5.74, 6) is 0.0281. The standard InChI is InChI=1S/C16H32INO4/c1-15(2,3)6-8-20-10-12-22-13-11-21-9-7-18-14(19)16(4,5)17/h6-13H2,1-5H3,(H,18,19). The zero-order chi connectivity index (χ0) is 17.1. The molecule has 0 radical (unpaired) electrons. The van der Waals surface area contributed by atoms with E-state index < -0.39 is 0 Å². The van der Waals surface area contributed by atoms with Crippen molar-refractivity contribution in [2.75, 3.05) is 46.2 Å². The van der Waals surface area contributed by atoms with Crippen LogP contribution in [0.1, 0.15) is 41.0 Å². The highest BCUT2D eigenvalue weighted by atomic mass is 127. The van der Waals surface area contributed by atoms with Gasteiger partial charge in [-0.2, -0.15) is 0 Å². The van der Waals surface area contributed by atoms with Gasteiger partial charge in [-0.3, -0.25) is 4.79 Å². The van der Waals surface area contributed by atoms with Crippen molar-refractivity contribution in [2.24, 2.45) is 5.41 Å². The number of rotatable bonds is 12. The number of alkyl halides is 1. The van der Waals surface area contributed by atoms with Crippen LogP contribution in [0.4, 0.5) is 0 Å². The van der Waals surface area contributed by atoms with Gasteiger partial charge in [0.25, 0.3) is 0 Å². The molecule has 0 saturated heterocycles. The third-order valence-electron chi connectivity index (χ3n) is 2.81. The van der Waals surface area contributed by atoms with E-state index in [4.69, 9.17) is 14.2 Å². The van der Waals surface area contributed by atoms with E-state index in [-0.39, 0.29) is 9.33 Å². The summed E-state index contributed by atoms with van der Waals surface area (Å²) in [5.41, 5.74) is 0.316. The fraction of sp³-hybridized carbons (Fsp3) is 0.938. The van der Waals surface area contributed by atoms with Crippen LogP contribution in [-0.4, -0.2) is 55.5 Å². The van der Waals surface area contributed by atoms with Crippen LogP contribution in [0.5, 0.6) is 0 Å². The average Bonchev–Trinajstić information content (AvgIpc) is 2.37. The molecule has 0 aromatic carbocycles. The maximum absolute atomic E-state index is 11.6. The number of hydrogen-bond acceptors (Lipinski definition) is 4. The van der Waals surface area contributed by atoms with E-state index in [1.807, 2.05) is 13.8 Å². The van der Waals surface area contributed by atoms with Crippen molar-refractivity contribution in [3.8, 4) is 0 Å². The Labute approximate surface area is 149 Å². The summed E-state index contributed by atoms with van der Waals surface area (Å²) in [6.45, 7) is 14.5. The Hall–Kier alpha value is 0.0800. The van der Waals surface area contributed by atoms with Crippen LogP contribution in [-0.2, 0) is 19.0 Å². The minimum Gasteiger partial charge on any atom is -0.379 e. The van der Waals surface area contributed by atoms with Gasteiger partial charge in [0.15, 0.2) is 0 Å². The lowest BCUT2D eigenvalue weighted by Crippen LogP contribution is -2.39. The summed E-state index contributed by atoms with van der Waals surface area (Å²) >= 11 is 2.12. The maximum Gasteiger partial charge on any atom is 0.235 e. The highest BCUT2D eigenvalue weighted by Crippen LogP contribution is 2.17. The number of amides is 1. The minimum atomic E-state index is -0.381. The summed E-state index contributed by atoms with van der Waals surface area (Å²) in [5, 5.41) is 2.83. The van der Waals surface area contributed by atoms with Crippen molar-refractivity contribution < 1.29 is 19.0 Å². The smallest absolute Gasteiger partial charge is 0.235 e. The van der Waals surface area contributed by atoms with Crippen LogP contribution in [0.3, 0.4) is 0 Å². The Morgan fingerprint density at radius 1 is 0.864 bits per heavy atom. The molecule has 5 nitrogen and oxygen atoms in total. The molecular weight excluding hydrogens is 397 g/mol. The van der Waals surface area contributed by atoms with Crippen LogP contribution >= 0.6 is 22.6 Å². The molecule has 1 amide bonds. The molecule has 0 unspecified atom stereocenters. The van der Waals surface area contributed by atoms with Gasteiger partial charge in [0.2, 0.25) is 5.91 Å². The van der Waals surface area contributed by atoms with Gasteiger partial charge in [-0.05, 0) is 25.7 Å². The Bertz CT molecular complexity index is 298. The predicted molar refractivity (Wildman–Crippen MR) is 97.6 cm³/mol. The summed E-state index contributed by atoms with van der Waals surface area (Å²) in [4.78, 5) is 11.6. The SMILES string of the molecule is CC(C)(C)CCOCCOCCOCCNC(=O)C(C)(C)I. The molecule has 0 rings (SSSR count). The molecule has 6 heteroatoms. The average molecular weight is 429 g/mol. The van der Waals surface area contributed by atoms with Crippen molar-refractivity contribution >= 4 is 28.5 Å². The van der Waals surface area contributed by atoms with Crippen LogP contribution in [0.2, 0.25) is 0 Å². The zero-order valence-electron chi connectivity index (χ0n) is 14.7. The first kappa shape index (κ1) is 22.1. The van der Waals surface area contributed by atoms with Gasteiger partial charge in [0.1, 0.15) is 0 Å². The van der Waals surface area contributed by atoms with E-state index >= 15 is 0 Å². The molecule has 0 bridgehead atoms. The van der Waals surface area contributed by atoms with E-state index in [0.717, 1.165) is 13.0 Å². The van der Waals surface area contributed by atoms with Gasteiger partial charge in [-0.1, -0.05) is 43.4 Å². The largest absolute Gasteiger partial charge is 0.379 e. The van der Waals surface area contributed by atoms with E-state index in [9.17, 15) is 4.79 Å². The van der Waals surface area contributed by atoms with Crippen molar-refractivity contribution in [1.82, 2.24) is 5.32 Å². The molecule has 0 aliphatic rings. The van der Waals surface area contributed by atoms with Gasteiger partial charge in [0.05, 0.1) is 36.5 Å². The van der Waals surface area contributed by atoms with Gasteiger partial charge < -0.3 is 19.5 Å². The van der Waals surface area contributed by atoms with Crippen molar-refractivity contribution in [3.63, 3.8) is 0 Å². The monoisotopic (exact) mass is 429 g/mol. The molecule has 0 atom stereocenters. The van der Waals surface area contributed by atoms with Crippen LogP contribution in [0, 0.1) is 5.41 Å². The van der Waals surface area contributed by atoms with E-state index in [1.54, 1.807) is 0 Å². The second-order valence-electron chi connectivity index (χ2n) is 6.88. The Kier molecular flexibility index (Phi) is 11.6. The van der Waals surface area contributed by atoms with Gasteiger partial charge in [0, 0.05) is 13.2 Å². The first-order valence-electron chi connectivity index (χ1n) is 7.83. The Morgan fingerprint density at radius 3 is 1.77 bits per heavy atom. The number of carbonyl (C=O) groups is 1. The summed E-state index contributed by atoms with van der Waals surface area (Å²) in [6, 6.07) is 0. The number of ether oxygens (including phenoxy) is 3. The van der Waals surface area contributed by atoms with Crippen molar-refractivity contribution in [1.29, 1.82) is 0 Å². The molecule has 0 aromatic rings. The molecule has 0 aliphatic heterocycles. The maximum atomic E-state index is 11.6. The molecule has 1 N–H and O–H groups in total. The number of nitrogens with one attached hydrogen (secondary N) is 1. The molecule has 0 aromatic heterocycles. The fourth-order valence-corrected chi connectivity index (χ4v) is 1.56. The topological polar surface area (TPSA) is 56.8 Å².